The number of carbonyl (C=O) groups is 3. The first-order chi connectivity index (χ1) is 13.6. The lowest BCUT2D eigenvalue weighted by Crippen LogP contribution is -2.32. The predicted octanol–water partition coefficient (Wildman–Crippen LogP) is 3.89. The molecule has 4 heteroatoms. The number of anilines is 1. The van der Waals surface area contributed by atoms with Crippen molar-refractivity contribution in [2.75, 3.05) is 4.90 Å². The van der Waals surface area contributed by atoms with Gasteiger partial charge in [-0.1, -0.05) is 60.7 Å². The van der Waals surface area contributed by atoms with E-state index < -0.39 is 0 Å². The highest BCUT2D eigenvalue weighted by Gasteiger charge is 2.59. The van der Waals surface area contributed by atoms with E-state index in [1.807, 2.05) is 30.3 Å². The number of hydrogen-bond acceptors (Lipinski definition) is 3. The van der Waals surface area contributed by atoms with Crippen LogP contribution in [0.5, 0.6) is 0 Å². The van der Waals surface area contributed by atoms with E-state index in [2.05, 4.69) is 12.2 Å². The van der Waals surface area contributed by atoms with Crippen molar-refractivity contribution in [3.63, 3.8) is 0 Å². The summed E-state index contributed by atoms with van der Waals surface area (Å²) in [5.74, 6) is -0.538. The summed E-state index contributed by atoms with van der Waals surface area (Å²) >= 11 is 0. The van der Waals surface area contributed by atoms with Crippen LogP contribution in [0, 0.1) is 23.7 Å². The number of amides is 2. The van der Waals surface area contributed by atoms with Crippen LogP contribution in [0.2, 0.25) is 0 Å². The van der Waals surface area contributed by atoms with Gasteiger partial charge in [-0.25, -0.2) is 4.90 Å². The smallest absolute Gasteiger partial charge is 0.238 e. The Morgan fingerprint density at radius 2 is 1.57 bits per heavy atom. The lowest BCUT2D eigenvalue weighted by Gasteiger charge is -2.17. The second-order valence-electron chi connectivity index (χ2n) is 7.67. The molecule has 0 spiro atoms. The number of allylic oxidation sites excluding steroid dienone is 3. The first-order valence-electron chi connectivity index (χ1n) is 9.57. The van der Waals surface area contributed by atoms with E-state index in [9.17, 15) is 14.4 Å². The van der Waals surface area contributed by atoms with Crippen molar-refractivity contribution in [1.29, 1.82) is 0 Å². The highest BCUT2D eigenvalue weighted by atomic mass is 16.2. The molecule has 4 nitrogen and oxygen atoms in total. The number of imide groups is 1. The van der Waals surface area contributed by atoms with E-state index in [1.165, 1.54) is 11.0 Å². The lowest BCUT2D eigenvalue weighted by atomic mass is 9.85. The molecule has 2 aromatic carbocycles. The van der Waals surface area contributed by atoms with Gasteiger partial charge in [0, 0.05) is 5.56 Å². The number of rotatable bonds is 4. The lowest BCUT2D eigenvalue weighted by molar-refractivity contribution is -0.123. The Balaban J connectivity index is 1.41. The van der Waals surface area contributed by atoms with Crippen LogP contribution in [-0.4, -0.2) is 17.6 Å². The Morgan fingerprint density at radius 1 is 0.893 bits per heavy atom. The summed E-state index contributed by atoms with van der Waals surface area (Å²) in [5, 5.41) is 0. The van der Waals surface area contributed by atoms with Gasteiger partial charge in [-0.05, 0) is 42.0 Å². The highest BCUT2D eigenvalue weighted by molar-refractivity contribution is 6.23. The second-order valence-corrected chi connectivity index (χ2v) is 7.67. The summed E-state index contributed by atoms with van der Waals surface area (Å²) in [5.41, 5.74) is 1.89. The summed E-state index contributed by atoms with van der Waals surface area (Å²) in [4.78, 5) is 39.8. The van der Waals surface area contributed by atoms with Gasteiger partial charge in [0.15, 0.2) is 5.78 Å². The molecule has 1 saturated carbocycles. The van der Waals surface area contributed by atoms with E-state index in [0.29, 0.717) is 11.3 Å². The fourth-order valence-corrected chi connectivity index (χ4v) is 4.79. The second kappa shape index (κ2) is 6.41. The molecule has 1 saturated heterocycles. The fourth-order valence-electron chi connectivity index (χ4n) is 4.79. The number of ketones is 1. The van der Waals surface area contributed by atoms with E-state index in [-0.39, 0.29) is 41.3 Å². The van der Waals surface area contributed by atoms with Gasteiger partial charge in [-0.15, -0.1) is 0 Å². The standard InChI is InChI=1S/C24H19NO3/c26-20(12-9-15-5-2-1-3-6-15)16-7-4-8-19(14-16)25-23(27)21-17-10-11-18(13-17)22(21)24(25)28/h1-12,14,17-18,21-22H,13H2. The van der Waals surface area contributed by atoms with Gasteiger partial charge < -0.3 is 0 Å². The van der Waals surface area contributed by atoms with E-state index in [0.717, 1.165) is 12.0 Å². The minimum atomic E-state index is -0.236. The highest BCUT2D eigenvalue weighted by Crippen LogP contribution is 2.53. The van der Waals surface area contributed by atoms with Crippen molar-refractivity contribution >= 4 is 29.4 Å². The average molecular weight is 369 g/mol. The van der Waals surface area contributed by atoms with Gasteiger partial charge in [0.1, 0.15) is 0 Å². The van der Waals surface area contributed by atoms with Crippen LogP contribution < -0.4 is 4.90 Å². The average Bonchev–Trinajstić information content (AvgIpc) is 3.41. The molecule has 0 aromatic heterocycles. The van der Waals surface area contributed by atoms with Crippen LogP contribution in [0.4, 0.5) is 5.69 Å². The van der Waals surface area contributed by atoms with Gasteiger partial charge in [0.25, 0.3) is 0 Å². The predicted molar refractivity (Wildman–Crippen MR) is 106 cm³/mol. The number of hydrogen-bond donors (Lipinski definition) is 0. The molecular formula is C24H19NO3. The maximum absolute atomic E-state index is 13.0. The van der Waals surface area contributed by atoms with Gasteiger partial charge in [0.2, 0.25) is 11.8 Å². The topological polar surface area (TPSA) is 54.5 Å². The molecule has 4 unspecified atom stereocenters. The van der Waals surface area contributed by atoms with E-state index in [4.69, 9.17) is 0 Å². The molecule has 3 aliphatic rings. The molecule has 0 N–H and O–H groups in total. The number of nitrogens with zero attached hydrogens (tertiary/aromatic N) is 1. The summed E-state index contributed by atoms with van der Waals surface area (Å²) in [7, 11) is 0. The molecule has 5 rings (SSSR count). The van der Waals surface area contributed by atoms with Crippen LogP contribution in [0.1, 0.15) is 22.3 Å². The zero-order valence-corrected chi connectivity index (χ0v) is 15.2. The van der Waals surface area contributed by atoms with Gasteiger partial charge >= 0.3 is 0 Å². The Labute approximate surface area is 163 Å². The van der Waals surface area contributed by atoms with Crippen molar-refractivity contribution in [2.24, 2.45) is 23.7 Å². The fraction of sp³-hybridized carbons (Fsp3) is 0.208. The minimum Gasteiger partial charge on any atom is -0.289 e. The molecule has 2 aliphatic carbocycles. The largest absolute Gasteiger partial charge is 0.289 e. The molecular weight excluding hydrogens is 350 g/mol. The zero-order chi connectivity index (χ0) is 19.3. The maximum atomic E-state index is 13.0. The summed E-state index contributed by atoms with van der Waals surface area (Å²) < 4.78 is 0. The van der Waals surface area contributed by atoms with Crippen LogP contribution in [0.25, 0.3) is 6.08 Å². The third-order valence-corrected chi connectivity index (χ3v) is 6.09. The number of benzene rings is 2. The Kier molecular flexibility index (Phi) is 3.86. The van der Waals surface area contributed by atoms with Crippen molar-refractivity contribution < 1.29 is 14.4 Å². The van der Waals surface area contributed by atoms with Crippen LogP contribution in [-0.2, 0) is 9.59 Å². The van der Waals surface area contributed by atoms with Crippen molar-refractivity contribution in [3.05, 3.63) is 84.0 Å². The normalized spacial score (nSPS) is 27.8. The molecule has 138 valence electrons. The van der Waals surface area contributed by atoms with E-state index in [1.54, 1.807) is 30.3 Å². The third kappa shape index (κ3) is 2.56. The SMILES string of the molecule is O=C(C=Cc1ccccc1)c1cccc(N2C(=O)C3C4C=CC(C4)C3C2=O)c1. The quantitative estimate of drug-likeness (QED) is 0.356. The van der Waals surface area contributed by atoms with Gasteiger partial charge in [0.05, 0.1) is 17.5 Å². The Morgan fingerprint density at radius 3 is 2.25 bits per heavy atom. The van der Waals surface area contributed by atoms with Gasteiger partial charge in [-0.2, -0.15) is 0 Å². The third-order valence-electron chi connectivity index (χ3n) is 6.09. The van der Waals surface area contributed by atoms with Crippen molar-refractivity contribution in [1.82, 2.24) is 0 Å². The Hall–Kier alpha value is -3.27. The molecule has 1 aliphatic heterocycles. The van der Waals surface area contributed by atoms with Crippen LogP contribution >= 0.6 is 0 Å². The molecule has 2 bridgehead atoms. The van der Waals surface area contributed by atoms with Crippen LogP contribution in [0.15, 0.2) is 72.8 Å². The number of carbonyl (C=O) groups excluding carboxylic acids is 3. The van der Waals surface area contributed by atoms with Crippen LogP contribution in [0.3, 0.4) is 0 Å². The molecule has 2 amide bonds. The minimum absolute atomic E-state index is 0.128. The summed E-state index contributed by atoms with van der Waals surface area (Å²) in [6.07, 6.45) is 8.34. The maximum Gasteiger partial charge on any atom is 0.238 e. The molecule has 4 atom stereocenters. The summed E-state index contributed by atoms with van der Waals surface area (Å²) in [6.45, 7) is 0. The molecule has 0 radical (unpaired) electrons. The zero-order valence-electron chi connectivity index (χ0n) is 15.2. The number of fused-ring (bicyclic) bond motifs is 5. The molecule has 28 heavy (non-hydrogen) atoms. The molecule has 2 aromatic rings. The van der Waals surface area contributed by atoms with Gasteiger partial charge in [-0.3, -0.25) is 14.4 Å². The monoisotopic (exact) mass is 369 g/mol. The van der Waals surface area contributed by atoms with Crippen molar-refractivity contribution in [2.45, 2.75) is 6.42 Å². The first kappa shape index (κ1) is 16.9. The molecule has 2 fully saturated rings. The van der Waals surface area contributed by atoms with E-state index >= 15 is 0 Å². The van der Waals surface area contributed by atoms with Crippen molar-refractivity contribution in [3.8, 4) is 0 Å². The molecule has 1 heterocycles. The Bertz CT molecular complexity index is 1010. The first-order valence-corrected chi connectivity index (χ1v) is 9.57. The summed E-state index contributed by atoms with van der Waals surface area (Å²) in [6, 6.07) is 16.4.